The summed E-state index contributed by atoms with van der Waals surface area (Å²) in [5.74, 6) is 2.05. The van der Waals surface area contributed by atoms with Crippen molar-refractivity contribution in [3.8, 4) is 11.5 Å². The normalized spacial score (nSPS) is 9.94. The fourth-order valence-corrected chi connectivity index (χ4v) is 1.77. The summed E-state index contributed by atoms with van der Waals surface area (Å²) in [4.78, 5) is 8.07. The molecule has 1 heterocycles. The van der Waals surface area contributed by atoms with Crippen LogP contribution in [0.3, 0.4) is 0 Å². The van der Waals surface area contributed by atoms with Gasteiger partial charge in [-0.3, -0.25) is 0 Å². The SMILES string of the molecule is COc1ccc(Nc2cc(Br)ncn2)cc1OC. The summed E-state index contributed by atoms with van der Waals surface area (Å²) in [6, 6.07) is 7.35. The van der Waals surface area contributed by atoms with Gasteiger partial charge in [-0.15, -0.1) is 0 Å². The molecule has 0 aliphatic heterocycles. The second-order valence-electron chi connectivity index (χ2n) is 3.42. The summed E-state index contributed by atoms with van der Waals surface area (Å²) < 4.78 is 11.1. The number of benzene rings is 1. The van der Waals surface area contributed by atoms with Gasteiger partial charge in [0.1, 0.15) is 16.7 Å². The van der Waals surface area contributed by atoms with Crippen LogP contribution in [0.2, 0.25) is 0 Å². The van der Waals surface area contributed by atoms with Crippen LogP contribution in [-0.2, 0) is 0 Å². The lowest BCUT2D eigenvalue weighted by Gasteiger charge is -2.10. The maximum atomic E-state index is 5.23. The number of hydrogen-bond donors (Lipinski definition) is 1. The molecular weight excluding hydrogens is 298 g/mol. The van der Waals surface area contributed by atoms with Crippen LogP contribution in [-0.4, -0.2) is 24.2 Å². The Bertz CT molecular complexity index is 549. The second kappa shape index (κ2) is 5.68. The Morgan fingerprint density at radius 3 is 2.50 bits per heavy atom. The van der Waals surface area contributed by atoms with Gasteiger partial charge in [0, 0.05) is 17.8 Å². The molecule has 1 aromatic heterocycles. The van der Waals surface area contributed by atoms with Crippen molar-refractivity contribution < 1.29 is 9.47 Å². The van der Waals surface area contributed by atoms with Crippen LogP contribution in [0.4, 0.5) is 11.5 Å². The monoisotopic (exact) mass is 309 g/mol. The molecule has 1 aromatic carbocycles. The highest BCUT2D eigenvalue weighted by Gasteiger charge is 2.05. The minimum Gasteiger partial charge on any atom is -0.493 e. The fraction of sp³-hybridized carbons (Fsp3) is 0.167. The summed E-state index contributed by atoms with van der Waals surface area (Å²) in [7, 11) is 3.20. The van der Waals surface area contributed by atoms with E-state index in [2.05, 4.69) is 31.2 Å². The van der Waals surface area contributed by atoms with Crippen LogP contribution in [0.25, 0.3) is 0 Å². The highest BCUT2D eigenvalue weighted by atomic mass is 79.9. The smallest absolute Gasteiger partial charge is 0.162 e. The first-order valence-electron chi connectivity index (χ1n) is 5.19. The third kappa shape index (κ3) is 2.89. The molecule has 94 valence electrons. The van der Waals surface area contributed by atoms with Crippen molar-refractivity contribution in [2.45, 2.75) is 0 Å². The molecule has 0 fully saturated rings. The fourth-order valence-electron chi connectivity index (χ4n) is 1.46. The second-order valence-corrected chi connectivity index (χ2v) is 4.23. The van der Waals surface area contributed by atoms with Crippen LogP contribution in [0.15, 0.2) is 35.2 Å². The van der Waals surface area contributed by atoms with Crippen molar-refractivity contribution in [2.75, 3.05) is 19.5 Å². The maximum absolute atomic E-state index is 5.23. The van der Waals surface area contributed by atoms with Gasteiger partial charge in [0.05, 0.1) is 14.2 Å². The zero-order valence-electron chi connectivity index (χ0n) is 9.98. The Morgan fingerprint density at radius 2 is 1.83 bits per heavy atom. The summed E-state index contributed by atoms with van der Waals surface area (Å²) in [6.07, 6.45) is 1.48. The van der Waals surface area contributed by atoms with Crippen LogP contribution < -0.4 is 14.8 Å². The molecule has 1 N–H and O–H groups in total. The van der Waals surface area contributed by atoms with Gasteiger partial charge in [0.15, 0.2) is 11.5 Å². The molecule has 0 radical (unpaired) electrons. The summed E-state index contributed by atoms with van der Waals surface area (Å²) in [5, 5.41) is 3.15. The number of nitrogens with one attached hydrogen (secondary N) is 1. The van der Waals surface area contributed by atoms with Gasteiger partial charge in [-0.25, -0.2) is 9.97 Å². The number of hydrogen-bond acceptors (Lipinski definition) is 5. The molecule has 0 saturated heterocycles. The van der Waals surface area contributed by atoms with Gasteiger partial charge in [0.25, 0.3) is 0 Å². The third-order valence-electron chi connectivity index (χ3n) is 2.29. The molecule has 0 aliphatic carbocycles. The highest BCUT2D eigenvalue weighted by Crippen LogP contribution is 2.30. The van der Waals surface area contributed by atoms with Crippen molar-refractivity contribution >= 4 is 27.4 Å². The van der Waals surface area contributed by atoms with E-state index < -0.39 is 0 Å². The Hall–Kier alpha value is -1.82. The van der Waals surface area contributed by atoms with E-state index in [1.54, 1.807) is 20.3 Å². The topological polar surface area (TPSA) is 56.3 Å². The van der Waals surface area contributed by atoms with Crippen molar-refractivity contribution in [1.82, 2.24) is 9.97 Å². The largest absolute Gasteiger partial charge is 0.493 e. The number of anilines is 2. The van der Waals surface area contributed by atoms with Gasteiger partial charge in [-0.2, -0.15) is 0 Å². The molecule has 0 bridgehead atoms. The first-order valence-corrected chi connectivity index (χ1v) is 5.99. The van der Waals surface area contributed by atoms with E-state index >= 15 is 0 Å². The Morgan fingerprint density at radius 1 is 1.06 bits per heavy atom. The minimum absolute atomic E-state index is 0.663. The summed E-state index contributed by atoms with van der Waals surface area (Å²) in [5.41, 5.74) is 0.859. The zero-order chi connectivity index (χ0) is 13.0. The van der Waals surface area contributed by atoms with Crippen molar-refractivity contribution in [2.24, 2.45) is 0 Å². The van der Waals surface area contributed by atoms with Gasteiger partial charge < -0.3 is 14.8 Å². The lowest BCUT2D eigenvalue weighted by atomic mass is 10.2. The quantitative estimate of drug-likeness (QED) is 0.880. The molecule has 0 spiro atoms. The van der Waals surface area contributed by atoms with Gasteiger partial charge in [0.2, 0.25) is 0 Å². The number of nitrogens with zero attached hydrogens (tertiary/aromatic N) is 2. The van der Waals surface area contributed by atoms with Crippen LogP contribution >= 0.6 is 15.9 Å². The van der Waals surface area contributed by atoms with E-state index in [9.17, 15) is 0 Å². The predicted molar refractivity (Wildman–Crippen MR) is 72.6 cm³/mol. The summed E-state index contributed by atoms with van der Waals surface area (Å²) in [6.45, 7) is 0. The molecule has 0 atom stereocenters. The van der Waals surface area contributed by atoms with Crippen LogP contribution in [0.5, 0.6) is 11.5 Å². The lowest BCUT2D eigenvalue weighted by molar-refractivity contribution is 0.355. The lowest BCUT2D eigenvalue weighted by Crippen LogP contribution is -1.96. The van der Waals surface area contributed by atoms with E-state index in [-0.39, 0.29) is 0 Å². The molecule has 2 aromatic rings. The molecule has 5 nitrogen and oxygen atoms in total. The Balaban J connectivity index is 2.24. The van der Waals surface area contributed by atoms with E-state index in [1.165, 1.54) is 6.33 Å². The highest BCUT2D eigenvalue weighted by molar-refractivity contribution is 9.10. The van der Waals surface area contributed by atoms with Crippen molar-refractivity contribution in [3.05, 3.63) is 35.2 Å². The molecular formula is C12H12BrN3O2. The van der Waals surface area contributed by atoms with Gasteiger partial charge in [-0.1, -0.05) is 0 Å². The number of ether oxygens (including phenoxy) is 2. The zero-order valence-corrected chi connectivity index (χ0v) is 11.6. The molecule has 6 heteroatoms. The Kier molecular flexibility index (Phi) is 3.99. The van der Waals surface area contributed by atoms with E-state index in [0.29, 0.717) is 17.3 Å². The maximum Gasteiger partial charge on any atom is 0.162 e. The summed E-state index contributed by atoms with van der Waals surface area (Å²) >= 11 is 3.29. The van der Waals surface area contributed by atoms with E-state index in [4.69, 9.17) is 9.47 Å². The molecule has 0 amide bonds. The van der Waals surface area contributed by atoms with Gasteiger partial charge in [-0.05, 0) is 28.1 Å². The van der Waals surface area contributed by atoms with E-state index in [1.807, 2.05) is 18.2 Å². The molecule has 18 heavy (non-hydrogen) atoms. The number of aromatic nitrogens is 2. The van der Waals surface area contributed by atoms with E-state index in [0.717, 1.165) is 10.3 Å². The van der Waals surface area contributed by atoms with Crippen molar-refractivity contribution in [3.63, 3.8) is 0 Å². The van der Waals surface area contributed by atoms with Crippen molar-refractivity contribution in [1.29, 1.82) is 0 Å². The number of methoxy groups -OCH3 is 2. The first kappa shape index (κ1) is 12.6. The van der Waals surface area contributed by atoms with Crippen LogP contribution in [0, 0.1) is 0 Å². The first-order chi connectivity index (χ1) is 8.72. The number of rotatable bonds is 4. The molecule has 2 rings (SSSR count). The standard InChI is InChI=1S/C12H12BrN3O2/c1-17-9-4-3-8(5-10(9)18-2)16-12-6-11(13)14-7-15-12/h3-7H,1-2H3,(H,14,15,16). The molecule has 0 saturated carbocycles. The molecule has 0 aliphatic rings. The minimum atomic E-state index is 0.663. The predicted octanol–water partition coefficient (Wildman–Crippen LogP) is 3.00. The van der Waals surface area contributed by atoms with Crippen LogP contribution in [0.1, 0.15) is 0 Å². The number of halogens is 1. The average molecular weight is 310 g/mol. The average Bonchev–Trinajstić information content (AvgIpc) is 2.38. The molecule has 0 unspecified atom stereocenters. The third-order valence-corrected chi connectivity index (χ3v) is 2.72. The van der Waals surface area contributed by atoms with Gasteiger partial charge >= 0.3 is 0 Å². The Labute approximate surface area is 113 Å².